The van der Waals surface area contributed by atoms with Gasteiger partial charge in [-0.1, -0.05) is 11.6 Å². The fraction of sp³-hybridized carbons (Fsp3) is 0.400. The molecule has 0 amide bonds. The van der Waals surface area contributed by atoms with Crippen LogP contribution < -0.4 is 5.73 Å². The molecule has 1 aromatic rings. The summed E-state index contributed by atoms with van der Waals surface area (Å²) in [6.07, 6.45) is 0.481. The summed E-state index contributed by atoms with van der Waals surface area (Å²) in [5.41, 5.74) is 5.96. The fourth-order valence-corrected chi connectivity index (χ4v) is 1.73. The second kappa shape index (κ2) is 4.17. The number of benzene rings is 1. The van der Waals surface area contributed by atoms with E-state index in [0.717, 1.165) is 0 Å². The molecular formula is C10H12BrClFN. The molecule has 0 atom stereocenters. The van der Waals surface area contributed by atoms with E-state index in [1.54, 1.807) is 6.07 Å². The van der Waals surface area contributed by atoms with Gasteiger partial charge in [-0.15, -0.1) is 0 Å². The first-order valence-electron chi connectivity index (χ1n) is 4.22. The molecule has 0 radical (unpaired) electrons. The van der Waals surface area contributed by atoms with Crippen molar-refractivity contribution in [1.82, 2.24) is 0 Å². The molecule has 0 saturated heterocycles. The number of halogens is 3. The highest BCUT2D eigenvalue weighted by Crippen LogP contribution is 2.27. The topological polar surface area (TPSA) is 26.0 Å². The fourth-order valence-electron chi connectivity index (χ4n) is 1.19. The molecule has 2 N–H and O–H groups in total. The zero-order valence-corrected chi connectivity index (χ0v) is 10.4. The summed E-state index contributed by atoms with van der Waals surface area (Å²) < 4.78 is 14.1. The molecule has 1 nitrogen and oxygen atoms in total. The van der Waals surface area contributed by atoms with Gasteiger partial charge in [0.05, 0.1) is 5.02 Å². The first-order chi connectivity index (χ1) is 6.29. The molecule has 0 unspecified atom stereocenters. The summed E-state index contributed by atoms with van der Waals surface area (Å²) in [7, 11) is 0. The van der Waals surface area contributed by atoms with E-state index in [1.165, 1.54) is 6.07 Å². The van der Waals surface area contributed by atoms with Crippen molar-refractivity contribution in [2.45, 2.75) is 25.8 Å². The van der Waals surface area contributed by atoms with Crippen LogP contribution in [0.15, 0.2) is 16.6 Å². The van der Waals surface area contributed by atoms with Crippen LogP contribution in [0.3, 0.4) is 0 Å². The third kappa shape index (κ3) is 3.23. The van der Waals surface area contributed by atoms with E-state index in [9.17, 15) is 4.39 Å². The second-order valence-corrected chi connectivity index (χ2v) is 5.28. The molecule has 1 rings (SSSR count). The minimum atomic E-state index is -0.423. The molecule has 1 aromatic carbocycles. The van der Waals surface area contributed by atoms with Crippen LogP contribution in [0.25, 0.3) is 0 Å². The average Bonchev–Trinajstić information content (AvgIpc) is 1.97. The maximum atomic E-state index is 13.4. The molecule has 0 aromatic heterocycles. The smallest absolute Gasteiger partial charge is 0.128 e. The standard InChI is InChI=1S/C10H12BrClFN/c1-10(2,14)5-6-3-7(11)8(12)4-9(6)13/h3-4H,5,14H2,1-2H3. The highest BCUT2D eigenvalue weighted by Gasteiger charge is 2.16. The highest BCUT2D eigenvalue weighted by molar-refractivity contribution is 9.10. The highest BCUT2D eigenvalue weighted by atomic mass is 79.9. The maximum Gasteiger partial charge on any atom is 0.128 e. The van der Waals surface area contributed by atoms with E-state index < -0.39 is 5.54 Å². The van der Waals surface area contributed by atoms with Gasteiger partial charge >= 0.3 is 0 Å². The summed E-state index contributed by atoms with van der Waals surface area (Å²) in [4.78, 5) is 0. The molecule has 0 aliphatic heterocycles. The van der Waals surface area contributed by atoms with Crippen molar-refractivity contribution in [2.24, 2.45) is 5.73 Å². The minimum Gasteiger partial charge on any atom is -0.325 e. The van der Waals surface area contributed by atoms with Gasteiger partial charge in [-0.05, 0) is 53.9 Å². The minimum absolute atomic E-state index is 0.309. The molecule has 78 valence electrons. The quantitative estimate of drug-likeness (QED) is 0.824. The van der Waals surface area contributed by atoms with E-state index >= 15 is 0 Å². The Morgan fingerprint density at radius 2 is 2.07 bits per heavy atom. The molecule has 0 aliphatic rings. The third-order valence-corrected chi connectivity index (χ3v) is 2.93. The van der Waals surface area contributed by atoms with Gasteiger partial charge in [0.15, 0.2) is 0 Å². The average molecular weight is 281 g/mol. The van der Waals surface area contributed by atoms with Gasteiger partial charge in [0.25, 0.3) is 0 Å². The Kier molecular flexibility index (Phi) is 3.56. The normalized spacial score (nSPS) is 11.9. The Morgan fingerprint density at radius 1 is 1.50 bits per heavy atom. The van der Waals surface area contributed by atoms with Gasteiger partial charge in [-0.25, -0.2) is 4.39 Å². The van der Waals surface area contributed by atoms with Gasteiger partial charge in [0.2, 0.25) is 0 Å². The van der Waals surface area contributed by atoms with Gasteiger partial charge in [0.1, 0.15) is 5.82 Å². The van der Waals surface area contributed by atoms with E-state index in [0.29, 0.717) is 21.5 Å². The molecular weight excluding hydrogens is 268 g/mol. The Morgan fingerprint density at radius 3 is 2.57 bits per heavy atom. The van der Waals surface area contributed by atoms with E-state index in [1.807, 2.05) is 13.8 Å². The molecule has 0 fully saturated rings. The van der Waals surface area contributed by atoms with Crippen LogP contribution in [0, 0.1) is 5.82 Å². The van der Waals surface area contributed by atoms with Crippen molar-refractivity contribution in [1.29, 1.82) is 0 Å². The van der Waals surface area contributed by atoms with Gasteiger partial charge in [0, 0.05) is 10.0 Å². The van der Waals surface area contributed by atoms with Crippen LogP contribution in [0.2, 0.25) is 5.02 Å². The van der Waals surface area contributed by atoms with Crippen LogP contribution in [0.4, 0.5) is 4.39 Å². The van der Waals surface area contributed by atoms with Crippen molar-refractivity contribution in [2.75, 3.05) is 0 Å². The molecule has 0 aliphatic carbocycles. The van der Waals surface area contributed by atoms with Gasteiger partial charge < -0.3 is 5.73 Å². The number of hydrogen-bond acceptors (Lipinski definition) is 1. The molecule has 4 heteroatoms. The summed E-state index contributed by atoms with van der Waals surface area (Å²) in [6.45, 7) is 3.71. The van der Waals surface area contributed by atoms with Crippen LogP contribution >= 0.6 is 27.5 Å². The summed E-state index contributed by atoms with van der Waals surface area (Å²) in [6, 6.07) is 2.97. The first kappa shape index (κ1) is 12.0. The molecule has 0 saturated carbocycles. The van der Waals surface area contributed by atoms with Crippen molar-refractivity contribution < 1.29 is 4.39 Å². The van der Waals surface area contributed by atoms with E-state index in [-0.39, 0.29) is 5.82 Å². The largest absolute Gasteiger partial charge is 0.325 e. The zero-order chi connectivity index (χ0) is 10.9. The Bertz CT molecular complexity index is 347. The maximum absolute atomic E-state index is 13.4. The lowest BCUT2D eigenvalue weighted by Gasteiger charge is -2.19. The molecule has 0 bridgehead atoms. The lowest BCUT2D eigenvalue weighted by atomic mass is 9.96. The third-order valence-electron chi connectivity index (χ3n) is 1.74. The number of nitrogens with two attached hydrogens (primary N) is 1. The first-order valence-corrected chi connectivity index (χ1v) is 5.39. The number of hydrogen-bond donors (Lipinski definition) is 1. The van der Waals surface area contributed by atoms with Gasteiger partial charge in [-0.2, -0.15) is 0 Å². The molecule has 0 heterocycles. The monoisotopic (exact) mass is 279 g/mol. The Labute approximate surface area is 96.6 Å². The predicted octanol–water partition coefficient (Wildman–Crippen LogP) is 3.52. The summed E-state index contributed by atoms with van der Waals surface area (Å²) in [5, 5.41) is 0.376. The molecule has 14 heavy (non-hydrogen) atoms. The van der Waals surface area contributed by atoms with Crippen molar-refractivity contribution in [3.63, 3.8) is 0 Å². The van der Waals surface area contributed by atoms with Crippen LogP contribution in [-0.4, -0.2) is 5.54 Å². The van der Waals surface area contributed by atoms with E-state index in [2.05, 4.69) is 15.9 Å². The van der Waals surface area contributed by atoms with Gasteiger partial charge in [-0.3, -0.25) is 0 Å². The van der Waals surface area contributed by atoms with Crippen molar-refractivity contribution in [3.8, 4) is 0 Å². The lowest BCUT2D eigenvalue weighted by Crippen LogP contribution is -2.34. The summed E-state index contributed by atoms with van der Waals surface area (Å²) >= 11 is 8.99. The predicted molar refractivity (Wildman–Crippen MR) is 61.1 cm³/mol. The van der Waals surface area contributed by atoms with E-state index in [4.69, 9.17) is 17.3 Å². The zero-order valence-electron chi connectivity index (χ0n) is 8.07. The van der Waals surface area contributed by atoms with Crippen molar-refractivity contribution in [3.05, 3.63) is 33.0 Å². The SMILES string of the molecule is CC(C)(N)Cc1cc(Br)c(Cl)cc1F. The van der Waals surface area contributed by atoms with Crippen LogP contribution in [0.5, 0.6) is 0 Å². The van der Waals surface area contributed by atoms with Crippen LogP contribution in [0.1, 0.15) is 19.4 Å². The Balaban J connectivity index is 3.04. The Hall–Kier alpha value is -0.120. The van der Waals surface area contributed by atoms with Crippen LogP contribution in [-0.2, 0) is 6.42 Å². The number of rotatable bonds is 2. The second-order valence-electron chi connectivity index (χ2n) is 4.02. The molecule has 0 spiro atoms. The van der Waals surface area contributed by atoms with Crippen molar-refractivity contribution >= 4 is 27.5 Å². The lowest BCUT2D eigenvalue weighted by molar-refractivity contribution is 0.497. The summed E-state index contributed by atoms with van der Waals surface area (Å²) in [5.74, 6) is -0.309.